The van der Waals surface area contributed by atoms with E-state index in [2.05, 4.69) is 0 Å². The van der Waals surface area contributed by atoms with Crippen LogP contribution in [-0.4, -0.2) is 23.9 Å². The van der Waals surface area contributed by atoms with E-state index >= 15 is 0 Å². The minimum atomic E-state index is -4.90. The Bertz CT molecular complexity index is 507. The lowest BCUT2D eigenvalue weighted by atomic mass is 10.1. The van der Waals surface area contributed by atoms with Crippen molar-refractivity contribution in [3.63, 3.8) is 0 Å². The summed E-state index contributed by atoms with van der Waals surface area (Å²) in [7, 11) is 2.53. The molecule has 10 heteroatoms. The number of nitrogens with zero attached hydrogens (tertiary/aromatic N) is 3. The molecule has 0 bridgehead atoms. The molecule has 0 radical (unpaired) electrons. The summed E-state index contributed by atoms with van der Waals surface area (Å²) in [5.74, 6) is 0. The molecule has 0 aliphatic rings. The van der Waals surface area contributed by atoms with Crippen LogP contribution in [0.2, 0.25) is 0 Å². The van der Waals surface area contributed by atoms with E-state index in [9.17, 15) is 33.4 Å². The zero-order valence-corrected chi connectivity index (χ0v) is 9.76. The number of anilines is 1. The van der Waals surface area contributed by atoms with E-state index in [1.54, 1.807) is 0 Å². The molecule has 1 aromatic rings. The Kier molecular flexibility index (Phi) is 3.63. The number of nitro benzene ring substituents is 2. The summed E-state index contributed by atoms with van der Waals surface area (Å²) in [6.07, 6.45) is -4.90. The monoisotopic (exact) mass is 279 g/mol. The highest BCUT2D eigenvalue weighted by Crippen LogP contribution is 2.42. The highest BCUT2D eigenvalue weighted by atomic mass is 19.4. The molecule has 0 aliphatic heterocycles. The first-order chi connectivity index (χ1) is 8.55. The van der Waals surface area contributed by atoms with Gasteiger partial charge in [0.1, 0.15) is 0 Å². The molecule has 0 spiro atoms. The van der Waals surface area contributed by atoms with Crippen LogP contribution in [0.5, 0.6) is 0 Å². The highest BCUT2D eigenvalue weighted by molar-refractivity contribution is 5.75. The normalized spacial score (nSPS) is 11.2. The number of rotatable bonds is 3. The molecule has 1 rings (SSSR count). The molecule has 0 N–H and O–H groups in total. The van der Waals surface area contributed by atoms with Gasteiger partial charge < -0.3 is 4.90 Å². The molecule has 7 nitrogen and oxygen atoms in total. The summed E-state index contributed by atoms with van der Waals surface area (Å²) >= 11 is 0. The third-order valence-electron chi connectivity index (χ3n) is 2.24. The van der Waals surface area contributed by atoms with E-state index in [0.717, 1.165) is 4.90 Å². The maximum atomic E-state index is 12.5. The second-order valence-electron chi connectivity index (χ2n) is 3.77. The van der Waals surface area contributed by atoms with Crippen LogP contribution in [0.4, 0.5) is 30.2 Å². The van der Waals surface area contributed by atoms with Crippen LogP contribution in [0.25, 0.3) is 0 Å². The predicted molar refractivity (Wildman–Crippen MR) is 59.1 cm³/mol. The first-order valence-electron chi connectivity index (χ1n) is 4.77. The van der Waals surface area contributed by atoms with E-state index in [1.165, 1.54) is 14.1 Å². The molecule has 0 fully saturated rings. The van der Waals surface area contributed by atoms with Gasteiger partial charge in [0.15, 0.2) is 5.69 Å². The van der Waals surface area contributed by atoms with Crippen LogP contribution < -0.4 is 4.90 Å². The maximum Gasteiger partial charge on any atom is 0.416 e. The number of halogens is 3. The molecule has 0 heterocycles. The molecule has 0 unspecified atom stereocenters. The summed E-state index contributed by atoms with van der Waals surface area (Å²) in [5.41, 5.74) is -3.85. The van der Waals surface area contributed by atoms with Crippen molar-refractivity contribution < 1.29 is 23.0 Å². The van der Waals surface area contributed by atoms with Gasteiger partial charge in [0.25, 0.3) is 11.4 Å². The number of hydrogen-bond acceptors (Lipinski definition) is 5. The van der Waals surface area contributed by atoms with Crippen LogP contribution >= 0.6 is 0 Å². The van der Waals surface area contributed by atoms with Gasteiger partial charge in [-0.2, -0.15) is 13.2 Å². The van der Waals surface area contributed by atoms with Crippen LogP contribution in [0.1, 0.15) is 5.56 Å². The second-order valence-corrected chi connectivity index (χ2v) is 3.77. The quantitative estimate of drug-likeness (QED) is 0.626. The topological polar surface area (TPSA) is 89.5 Å². The van der Waals surface area contributed by atoms with Crippen molar-refractivity contribution in [2.45, 2.75) is 6.18 Å². The average molecular weight is 279 g/mol. The Morgan fingerprint density at radius 3 is 1.63 bits per heavy atom. The fourth-order valence-electron chi connectivity index (χ4n) is 1.50. The molecular weight excluding hydrogens is 271 g/mol. The summed E-state index contributed by atoms with van der Waals surface area (Å²) < 4.78 is 37.6. The molecule has 19 heavy (non-hydrogen) atoms. The predicted octanol–water partition coefficient (Wildman–Crippen LogP) is 2.59. The smallest absolute Gasteiger partial charge is 0.366 e. The van der Waals surface area contributed by atoms with Crippen LogP contribution in [0.15, 0.2) is 12.1 Å². The van der Waals surface area contributed by atoms with E-state index in [1.807, 2.05) is 0 Å². The standard InChI is InChI=1S/C9H8F3N3O4/c1-13(2)8-6(14(16)17)3-5(9(10,11)12)4-7(8)15(18)19/h3-4H,1-2H3. The lowest BCUT2D eigenvalue weighted by molar-refractivity contribution is -0.393. The summed E-state index contributed by atoms with van der Waals surface area (Å²) in [6.45, 7) is 0. The summed E-state index contributed by atoms with van der Waals surface area (Å²) in [6, 6.07) is 0.560. The van der Waals surface area contributed by atoms with Gasteiger partial charge in [0.05, 0.1) is 15.4 Å². The molecule has 0 amide bonds. The molecule has 104 valence electrons. The fourth-order valence-corrected chi connectivity index (χ4v) is 1.50. The van der Waals surface area contributed by atoms with Crippen molar-refractivity contribution in [1.29, 1.82) is 0 Å². The zero-order valence-electron chi connectivity index (χ0n) is 9.76. The Morgan fingerprint density at radius 2 is 1.42 bits per heavy atom. The lowest BCUT2D eigenvalue weighted by Gasteiger charge is -2.14. The molecule has 0 atom stereocenters. The zero-order chi connectivity index (χ0) is 15.0. The van der Waals surface area contributed by atoms with Crippen molar-refractivity contribution in [2.75, 3.05) is 19.0 Å². The van der Waals surface area contributed by atoms with E-state index in [4.69, 9.17) is 0 Å². The Labute approximate surface area is 104 Å². The average Bonchev–Trinajstić information content (AvgIpc) is 2.25. The first-order valence-corrected chi connectivity index (χ1v) is 4.77. The van der Waals surface area contributed by atoms with Gasteiger partial charge in [0.2, 0.25) is 0 Å². The van der Waals surface area contributed by atoms with Gasteiger partial charge in [-0.15, -0.1) is 0 Å². The van der Waals surface area contributed by atoms with E-state index in [-0.39, 0.29) is 12.1 Å². The number of alkyl halides is 3. The largest absolute Gasteiger partial charge is 0.416 e. The van der Waals surface area contributed by atoms with Gasteiger partial charge in [0, 0.05) is 26.2 Å². The maximum absolute atomic E-state index is 12.5. The Hall–Kier alpha value is -2.39. The number of benzene rings is 1. The SMILES string of the molecule is CN(C)c1c([N+](=O)[O-])cc(C(F)(F)F)cc1[N+](=O)[O-]. The van der Waals surface area contributed by atoms with Gasteiger partial charge >= 0.3 is 6.18 Å². The molecule has 0 aromatic heterocycles. The van der Waals surface area contributed by atoms with Gasteiger partial charge in [-0.1, -0.05) is 0 Å². The Morgan fingerprint density at radius 1 is 1.05 bits per heavy atom. The summed E-state index contributed by atoms with van der Waals surface area (Å²) in [5, 5.41) is 21.5. The van der Waals surface area contributed by atoms with Crippen molar-refractivity contribution in [2.24, 2.45) is 0 Å². The minimum Gasteiger partial charge on any atom is -0.366 e. The van der Waals surface area contributed by atoms with Gasteiger partial charge in [-0.3, -0.25) is 20.2 Å². The molecule has 0 saturated carbocycles. The highest BCUT2D eigenvalue weighted by Gasteiger charge is 2.38. The van der Waals surface area contributed by atoms with Crippen LogP contribution in [-0.2, 0) is 6.18 Å². The van der Waals surface area contributed by atoms with Crippen molar-refractivity contribution in [3.05, 3.63) is 37.9 Å². The van der Waals surface area contributed by atoms with Crippen LogP contribution in [0, 0.1) is 20.2 Å². The minimum absolute atomic E-state index is 0.280. The molecule has 0 saturated heterocycles. The second kappa shape index (κ2) is 4.71. The molecule has 1 aromatic carbocycles. The van der Waals surface area contributed by atoms with Gasteiger partial charge in [-0.05, 0) is 0 Å². The fraction of sp³-hybridized carbons (Fsp3) is 0.333. The van der Waals surface area contributed by atoms with E-state index < -0.39 is 38.6 Å². The van der Waals surface area contributed by atoms with Crippen molar-refractivity contribution in [1.82, 2.24) is 0 Å². The Balaban J connectivity index is 3.73. The molecular formula is C9H8F3N3O4. The van der Waals surface area contributed by atoms with Crippen molar-refractivity contribution >= 4 is 17.1 Å². The molecule has 0 aliphatic carbocycles. The lowest BCUT2D eigenvalue weighted by Crippen LogP contribution is -2.15. The number of nitro groups is 2. The van der Waals surface area contributed by atoms with E-state index in [0.29, 0.717) is 0 Å². The van der Waals surface area contributed by atoms with Crippen molar-refractivity contribution in [3.8, 4) is 0 Å². The first kappa shape index (κ1) is 14.7. The third kappa shape index (κ3) is 2.89. The van der Waals surface area contributed by atoms with Crippen LogP contribution in [0.3, 0.4) is 0 Å². The van der Waals surface area contributed by atoms with Gasteiger partial charge in [-0.25, -0.2) is 0 Å². The summed E-state index contributed by atoms with van der Waals surface area (Å²) in [4.78, 5) is 20.4. The third-order valence-corrected chi connectivity index (χ3v) is 2.24. The number of hydrogen-bond donors (Lipinski definition) is 0.